The summed E-state index contributed by atoms with van der Waals surface area (Å²) in [6.45, 7) is 4.51. The van der Waals surface area contributed by atoms with Gasteiger partial charge < -0.3 is 14.6 Å². The maximum absolute atomic E-state index is 13.9. The number of rotatable bonds is 33. The van der Waals surface area contributed by atoms with Crippen molar-refractivity contribution in [1.29, 1.82) is 0 Å². The number of carboxylic acids is 1. The summed E-state index contributed by atoms with van der Waals surface area (Å²) in [6, 6.07) is 0. The van der Waals surface area contributed by atoms with E-state index in [0.29, 0.717) is 18.4 Å². The first-order valence-corrected chi connectivity index (χ1v) is 22.2. The maximum Gasteiger partial charge on any atom is 0.341 e. The van der Waals surface area contributed by atoms with E-state index in [1.54, 1.807) is 6.08 Å². The number of hydrogen-bond donors (Lipinski definition) is 1. The third kappa shape index (κ3) is 16.9. The van der Waals surface area contributed by atoms with E-state index in [2.05, 4.69) is 13.8 Å². The van der Waals surface area contributed by atoms with Crippen LogP contribution in [0.25, 0.3) is 0 Å². The number of allylic oxidation sites excluding steroid dienone is 1. The molecule has 0 radical (unpaired) electrons. The normalized spacial score (nSPS) is 19.7. The Morgan fingerprint density at radius 3 is 1.28 bits per heavy atom. The van der Waals surface area contributed by atoms with Crippen molar-refractivity contribution in [2.45, 2.75) is 206 Å². The third-order valence-corrected chi connectivity index (χ3v) is 11.9. The zero-order chi connectivity index (χ0) is 38.7. The van der Waals surface area contributed by atoms with E-state index in [1.165, 1.54) is 149 Å². The van der Waals surface area contributed by atoms with Gasteiger partial charge >= 0.3 is 17.9 Å². The number of unbranched alkanes of at least 4 members (excludes halogenated alkanes) is 26. The fourth-order valence-corrected chi connectivity index (χ4v) is 8.88. The van der Waals surface area contributed by atoms with Gasteiger partial charge in [0.2, 0.25) is 0 Å². The van der Waals surface area contributed by atoms with Gasteiger partial charge in [0.15, 0.2) is 5.78 Å². The summed E-state index contributed by atoms with van der Waals surface area (Å²) in [4.78, 5) is 53.1. The molecule has 304 valence electrons. The second-order valence-corrected chi connectivity index (χ2v) is 16.1. The van der Waals surface area contributed by atoms with E-state index < -0.39 is 47.4 Å². The van der Waals surface area contributed by atoms with E-state index in [0.717, 1.165) is 50.5 Å². The highest BCUT2D eigenvalue weighted by atomic mass is 16.5. The lowest BCUT2D eigenvalue weighted by molar-refractivity contribution is -0.151. The average molecular weight is 743 g/mol. The number of methoxy groups -OCH3 is 2. The summed E-state index contributed by atoms with van der Waals surface area (Å²) in [5, 5.41) is 10.3. The predicted octanol–water partition coefficient (Wildman–Crippen LogP) is 12.4. The van der Waals surface area contributed by atoms with Crippen molar-refractivity contribution in [2.24, 2.45) is 23.7 Å². The number of Topliss-reactive ketones (excluding diaryl/α,β-unsaturated/α-hetero) is 1. The number of carbonyl (C=O) groups excluding carboxylic acids is 3. The van der Waals surface area contributed by atoms with Crippen LogP contribution in [0.4, 0.5) is 0 Å². The summed E-state index contributed by atoms with van der Waals surface area (Å²) in [7, 11) is 2.60. The van der Waals surface area contributed by atoms with Crippen LogP contribution >= 0.6 is 0 Å². The Morgan fingerprint density at radius 1 is 0.547 bits per heavy atom. The fraction of sp³-hybridized carbons (Fsp3) is 0.826. The molecule has 0 aromatic rings. The quantitative estimate of drug-likeness (QED) is 0.0309. The largest absolute Gasteiger partial charge is 0.481 e. The first-order valence-electron chi connectivity index (χ1n) is 22.2. The lowest BCUT2D eigenvalue weighted by Gasteiger charge is -2.37. The van der Waals surface area contributed by atoms with Gasteiger partial charge in [0, 0.05) is 11.8 Å². The van der Waals surface area contributed by atoms with Crippen molar-refractivity contribution in [3.8, 4) is 0 Å². The number of ether oxygens (including phenoxy) is 2. The van der Waals surface area contributed by atoms with Gasteiger partial charge in [-0.1, -0.05) is 192 Å². The zero-order valence-corrected chi connectivity index (χ0v) is 34.5. The number of aliphatic carboxylic acids is 1. The molecule has 2 aliphatic carbocycles. The van der Waals surface area contributed by atoms with Crippen molar-refractivity contribution in [2.75, 3.05) is 14.2 Å². The minimum absolute atomic E-state index is 0.0384. The van der Waals surface area contributed by atoms with Crippen LogP contribution < -0.4 is 0 Å². The van der Waals surface area contributed by atoms with Gasteiger partial charge in [-0.2, -0.15) is 0 Å². The molecule has 0 amide bonds. The average Bonchev–Trinajstić information content (AvgIpc) is 3.44. The Kier molecular flexibility index (Phi) is 25.5. The number of carboxylic acid groups (broad SMARTS) is 1. The molecule has 0 unspecified atom stereocenters. The van der Waals surface area contributed by atoms with Gasteiger partial charge in [-0.05, 0) is 31.3 Å². The third-order valence-electron chi connectivity index (χ3n) is 11.9. The SMILES string of the molecule is CCCCCCCCCCCCCCCCC1=C[C@H](C(=O)O)[C@@H]2C(=O)C(C(=O)OC)=C(CCCCCCCCCCCCCCCC)[C@@H]2[C@@H]1C(=O)OC. The molecule has 0 spiro atoms. The Labute approximate surface area is 323 Å². The van der Waals surface area contributed by atoms with Crippen molar-refractivity contribution < 1.29 is 33.8 Å². The summed E-state index contributed by atoms with van der Waals surface area (Å²) in [6.07, 6.45) is 37.2. The van der Waals surface area contributed by atoms with Crippen LogP contribution in [0, 0.1) is 23.7 Å². The molecule has 0 heterocycles. The van der Waals surface area contributed by atoms with Gasteiger partial charge in [-0.25, -0.2) is 4.79 Å². The van der Waals surface area contributed by atoms with Gasteiger partial charge in [-0.3, -0.25) is 14.4 Å². The predicted molar refractivity (Wildman–Crippen MR) is 216 cm³/mol. The van der Waals surface area contributed by atoms with E-state index in [-0.39, 0.29) is 5.57 Å². The molecule has 0 aromatic carbocycles. The fourth-order valence-electron chi connectivity index (χ4n) is 8.88. The van der Waals surface area contributed by atoms with Crippen LogP contribution in [0.3, 0.4) is 0 Å². The summed E-state index contributed by atoms with van der Waals surface area (Å²) in [5.74, 6) is -6.36. The van der Waals surface area contributed by atoms with Gasteiger partial charge in [0.25, 0.3) is 0 Å². The minimum Gasteiger partial charge on any atom is -0.481 e. The number of ketones is 1. The van der Waals surface area contributed by atoms with E-state index in [4.69, 9.17) is 9.47 Å². The Balaban J connectivity index is 1.93. The van der Waals surface area contributed by atoms with E-state index in [1.807, 2.05) is 0 Å². The van der Waals surface area contributed by atoms with Crippen LogP contribution in [0.5, 0.6) is 0 Å². The second kappa shape index (κ2) is 28.9. The lowest BCUT2D eigenvalue weighted by Crippen LogP contribution is -2.42. The number of hydrogen-bond acceptors (Lipinski definition) is 6. The number of fused-ring (bicyclic) bond motifs is 1. The molecule has 0 bridgehead atoms. The van der Waals surface area contributed by atoms with Crippen LogP contribution in [-0.2, 0) is 28.7 Å². The molecule has 2 rings (SSSR count). The molecule has 0 aromatic heterocycles. The van der Waals surface area contributed by atoms with Crippen molar-refractivity contribution in [1.82, 2.24) is 0 Å². The molecule has 7 nitrogen and oxygen atoms in total. The molecular formula is C46H78O7. The maximum atomic E-state index is 13.9. The second-order valence-electron chi connectivity index (χ2n) is 16.1. The molecule has 1 N–H and O–H groups in total. The first kappa shape index (κ1) is 46.7. The number of esters is 2. The van der Waals surface area contributed by atoms with E-state index >= 15 is 0 Å². The molecular weight excluding hydrogens is 664 g/mol. The molecule has 0 aliphatic heterocycles. The van der Waals surface area contributed by atoms with Crippen LogP contribution in [0.1, 0.15) is 206 Å². The summed E-state index contributed by atoms with van der Waals surface area (Å²) < 4.78 is 10.4. The molecule has 7 heteroatoms. The summed E-state index contributed by atoms with van der Waals surface area (Å²) >= 11 is 0. The Morgan fingerprint density at radius 2 is 0.925 bits per heavy atom. The molecule has 2 aliphatic rings. The van der Waals surface area contributed by atoms with Crippen molar-refractivity contribution in [3.05, 3.63) is 22.8 Å². The van der Waals surface area contributed by atoms with Crippen molar-refractivity contribution in [3.63, 3.8) is 0 Å². The molecule has 4 atom stereocenters. The first-order chi connectivity index (χ1) is 25.8. The molecule has 0 fully saturated rings. The Bertz CT molecular complexity index is 1120. The standard InChI is InChI=1S/C46H78O7/c1-5-7-9-11-13-15-17-19-21-23-25-27-29-31-33-36-35-38(44(48)49)41-40(39(36)45(50)52-3)37(42(43(41)47)46(51)53-4)34-32-30-28-26-24-22-20-18-16-14-12-10-8-6-2/h35,38-41H,5-34H2,1-4H3,(H,48,49)/t38-,39+,40+,41-/m0/s1. The van der Waals surface area contributed by atoms with Crippen LogP contribution in [0.2, 0.25) is 0 Å². The number of carbonyl (C=O) groups is 4. The highest BCUT2D eigenvalue weighted by Gasteiger charge is 2.56. The zero-order valence-electron chi connectivity index (χ0n) is 34.5. The van der Waals surface area contributed by atoms with Gasteiger partial charge in [-0.15, -0.1) is 0 Å². The van der Waals surface area contributed by atoms with Crippen molar-refractivity contribution >= 4 is 23.7 Å². The van der Waals surface area contributed by atoms with Gasteiger partial charge in [0.1, 0.15) is 5.57 Å². The molecule has 53 heavy (non-hydrogen) atoms. The van der Waals surface area contributed by atoms with E-state index in [9.17, 15) is 24.3 Å². The monoisotopic (exact) mass is 743 g/mol. The summed E-state index contributed by atoms with van der Waals surface area (Å²) in [5.41, 5.74) is 1.30. The minimum atomic E-state index is -1.10. The van der Waals surface area contributed by atoms with Crippen LogP contribution in [0.15, 0.2) is 22.8 Å². The highest BCUT2D eigenvalue weighted by molar-refractivity contribution is 6.22. The molecule has 0 saturated heterocycles. The smallest absolute Gasteiger partial charge is 0.341 e. The lowest BCUT2D eigenvalue weighted by atomic mass is 9.65. The van der Waals surface area contributed by atoms with Crippen LogP contribution in [-0.4, -0.2) is 43.0 Å². The molecule has 0 saturated carbocycles. The Hall–Kier alpha value is -2.44. The van der Waals surface area contributed by atoms with Gasteiger partial charge in [0.05, 0.1) is 26.1 Å². The topological polar surface area (TPSA) is 107 Å². The highest BCUT2D eigenvalue weighted by Crippen LogP contribution is 2.52.